The van der Waals surface area contributed by atoms with Crippen molar-refractivity contribution in [1.82, 2.24) is 10.2 Å². The number of carboxylic acids is 1. The van der Waals surface area contributed by atoms with Crippen molar-refractivity contribution < 1.29 is 38.5 Å². The Hall–Kier alpha value is -2.78. The second kappa shape index (κ2) is 8.49. The van der Waals surface area contributed by atoms with E-state index in [-0.39, 0.29) is 12.1 Å². The molecule has 0 aliphatic carbocycles. The van der Waals surface area contributed by atoms with Gasteiger partial charge in [0.25, 0.3) is 0 Å². The summed E-state index contributed by atoms with van der Waals surface area (Å²) in [6.45, 7) is 10.7. The summed E-state index contributed by atoms with van der Waals surface area (Å²) in [5.74, 6) is -1.81. The standard InChI is InChI=1S/C18H28N2O8/c1-10(21)19-13-12(26-16(25)28-18(5,6)7)8-11(14(22)23)9-20(13)15(24)27-17(2,3)4/h8,12-13H,9H2,1-7H3,(H,19,21)(H,22,23)/t12-,13-/m0/s1. The molecule has 2 amide bonds. The van der Waals surface area contributed by atoms with E-state index >= 15 is 0 Å². The molecule has 0 aromatic rings. The molecule has 2 atom stereocenters. The number of hydrogen-bond acceptors (Lipinski definition) is 7. The first-order chi connectivity index (χ1) is 12.6. The largest absolute Gasteiger partial charge is 0.509 e. The minimum atomic E-state index is -1.30. The first-order valence-electron chi connectivity index (χ1n) is 8.69. The number of carbonyl (C=O) groups is 4. The summed E-state index contributed by atoms with van der Waals surface area (Å²) in [4.78, 5) is 48.8. The number of amides is 2. The van der Waals surface area contributed by atoms with E-state index in [2.05, 4.69) is 5.32 Å². The summed E-state index contributed by atoms with van der Waals surface area (Å²) in [5.41, 5.74) is -1.90. The van der Waals surface area contributed by atoms with E-state index in [1.54, 1.807) is 41.5 Å². The summed E-state index contributed by atoms with van der Waals surface area (Å²) in [5, 5.41) is 11.9. The lowest BCUT2D eigenvalue weighted by atomic mass is 10.0. The van der Waals surface area contributed by atoms with Crippen LogP contribution in [0, 0.1) is 0 Å². The lowest BCUT2D eigenvalue weighted by Gasteiger charge is -2.39. The minimum Gasteiger partial charge on any atom is -0.478 e. The Balaban J connectivity index is 3.24. The topological polar surface area (TPSA) is 131 Å². The Kier molecular flexibility index (Phi) is 7.05. The van der Waals surface area contributed by atoms with Crippen molar-refractivity contribution in [3.05, 3.63) is 11.6 Å². The van der Waals surface area contributed by atoms with Crippen molar-refractivity contribution in [2.24, 2.45) is 0 Å². The van der Waals surface area contributed by atoms with Crippen LogP contribution in [0.1, 0.15) is 48.5 Å². The van der Waals surface area contributed by atoms with Gasteiger partial charge >= 0.3 is 18.2 Å². The van der Waals surface area contributed by atoms with Crippen LogP contribution in [-0.2, 0) is 23.8 Å². The van der Waals surface area contributed by atoms with Crippen LogP contribution in [0.4, 0.5) is 9.59 Å². The van der Waals surface area contributed by atoms with Crippen LogP contribution in [-0.4, -0.2) is 64.1 Å². The van der Waals surface area contributed by atoms with Crippen LogP contribution in [0.5, 0.6) is 0 Å². The summed E-state index contributed by atoms with van der Waals surface area (Å²) in [6, 6.07) is 0. The lowest BCUT2D eigenvalue weighted by molar-refractivity contribution is -0.133. The molecule has 0 aromatic carbocycles. The van der Waals surface area contributed by atoms with Gasteiger partial charge in [-0.05, 0) is 47.6 Å². The Morgan fingerprint density at radius 1 is 1.07 bits per heavy atom. The Morgan fingerprint density at radius 3 is 2.04 bits per heavy atom. The van der Waals surface area contributed by atoms with Crippen molar-refractivity contribution in [3.63, 3.8) is 0 Å². The van der Waals surface area contributed by atoms with Gasteiger partial charge < -0.3 is 24.6 Å². The summed E-state index contributed by atoms with van der Waals surface area (Å²) >= 11 is 0. The van der Waals surface area contributed by atoms with Gasteiger partial charge in [-0.2, -0.15) is 0 Å². The van der Waals surface area contributed by atoms with Crippen molar-refractivity contribution in [2.75, 3.05) is 6.54 Å². The number of nitrogens with zero attached hydrogens (tertiary/aromatic N) is 1. The van der Waals surface area contributed by atoms with E-state index in [0.29, 0.717) is 0 Å². The second-order valence-corrected chi connectivity index (χ2v) is 8.30. The molecule has 0 bridgehead atoms. The molecule has 10 nitrogen and oxygen atoms in total. The normalized spacial score (nSPS) is 20.0. The molecule has 1 rings (SSSR count). The summed E-state index contributed by atoms with van der Waals surface area (Å²) in [7, 11) is 0. The quantitative estimate of drug-likeness (QED) is 0.688. The highest BCUT2D eigenvalue weighted by molar-refractivity contribution is 5.89. The van der Waals surface area contributed by atoms with Gasteiger partial charge in [0, 0.05) is 6.92 Å². The molecule has 0 unspecified atom stereocenters. The highest BCUT2D eigenvalue weighted by Crippen LogP contribution is 2.23. The van der Waals surface area contributed by atoms with E-state index in [1.165, 1.54) is 6.92 Å². The van der Waals surface area contributed by atoms with Gasteiger partial charge in [-0.25, -0.2) is 14.4 Å². The van der Waals surface area contributed by atoms with Crippen LogP contribution in [0.2, 0.25) is 0 Å². The molecule has 0 saturated heterocycles. The highest BCUT2D eigenvalue weighted by Gasteiger charge is 2.41. The zero-order valence-corrected chi connectivity index (χ0v) is 17.2. The SMILES string of the molecule is CC(=O)N[C@@H]1[C@@H](OC(=O)OC(C)(C)C)C=C(C(=O)O)CN1C(=O)OC(C)(C)C. The molecule has 158 valence electrons. The van der Waals surface area contributed by atoms with E-state index in [0.717, 1.165) is 11.0 Å². The van der Waals surface area contributed by atoms with Crippen LogP contribution < -0.4 is 5.32 Å². The maximum Gasteiger partial charge on any atom is 0.509 e. The molecular formula is C18H28N2O8. The highest BCUT2D eigenvalue weighted by atomic mass is 16.7. The summed E-state index contributed by atoms with van der Waals surface area (Å²) < 4.78 is 15.6. The van der Waals surface area contributed by atoms with Gasteiger partial charge in [0.1, 0.15) is 17.4 Å². The van der Waals surface area contributed by atoms with Gasteiger partial charge in [0.05, 0.1) is 12.1 Å². The van der Waals surface area contributed by atoms with Crippen molar-refractivity contribution >= 4 is 24.1 Å². The van der Waals surface area contributed by atoms with Crippen molar-refractivity contribution in [2.45, 2.75) is 71.9 Å². The molecule has 1 heterocycles. The minimum absolute atomic E-state index is 0.194. The predicted molar refractivity (Wildman–Crippen MR) is 97.4 cm³/mol. The number of nitrogens with one attached hydrogen (secondary N) is 1. The molecule has 0 aromatic heterocycles. The van der Waals surface area contributed by atoms with Gasteiger partial charge in [-0.15, -0.1) is 0 Å². The molecule has 2 N–H and O–H groups in total. The fraction of sp³-hybridized carbons (Fsp3) is 0.667. The average molecular weight is 400 g/mol. The van der Waals surface area contributed by atoms with E-state index in [9.17, 15) is 24.3 Å². The molecule has 0 saturated carbocycles. The average Bonchev–Trinajstić information content (AvgIpc) is 2.43. The zero-order chi connectivity index (χ0) is 21.9. The molecule has 0 radical (unpaired) electrons. The lowest BCUT2D eigenvalue weighted by Crippen LogP contribution is -2.60. The first kappa shape index (κ1) is 23.3. The number of ether oxygens (including phenoxy) is 3. The van der Waals surface area contributed by atoms with Gasteiger partial charge in [0.2, 0.25) is 5.91 Å². The summed E-state index contributed by atoms with van der Waals surface area (Å²) in [6.07, 6.45) is -3.22. The Morgan fingerprint density at radius 2 is 1.61 bits per heavy atom. The number of aliphatic carboxylic acids is 1. The van der Waals surface area contributed by atoms with E-state index < -0.39 is 47.6 Å². The van der Waals surface area contributed by atoms with Crippen LogP contribution >= 0.6 is 0 Å². The molecule has 10 heteroatoms. The third kappa shape index (κ3) is 7.45. The molecule has 0 spiro atoms. The first-order valence-corrected chi connectivity index (χ1v) is 8.69. The van der Waals surface area contributed by atoms with Gasteiger partial charge in [-0.3, -0.25) is 9.69 Å². The van der Waals surface area contributed by atoms with Crippen LogP contribution in [0.15, 0.2) is 11.6 Å². The molecule has 1 aliphatic heterocycles. The Labute approximate surface area is 163 Å². The van der Waals surface area contributed by atoms with Crippen molar-refractivity contribution in [1.29, 1.82) is 0 Å². The Bertz CT molecular complexity index is 672. The third-order valence-corrected chi connectivity index (χ3v) is 3.23. The number of carboxylic acid groups (broad SMARTS) is 1. The third-order valence-electron chi connectivity index (χ3n) is 3.23. The zero-order valence-electron chi connectivity index (χ0n) is 17.2. The van der Waals surface area contributed by atoms with Gasteiger partial charge in [0.15, 0.2) is 6.10 Å². The fourth-order valence-electron chi connectivity index (χ4n) is 2.29. The second-order valence-electron chi connectivity index (χ2n) is 8.30. The van der Waals surface area contributed by atoms with Crippen LogP contribution in [0.25, 0.3) is 0 Å². The van der Waals surface area contributed by atoms with E-state index in [1.807, 2.05) is 0 Å². The molecule has 1 aliphatic rings. The molecule has 0 fully saturated rings. The number of carbonyl (C=O) groups excluding carboxylic acids is 3. The molecule has 28 heavy (non-hydrogen) atoms. The number of hydrogen-bond donors (Lipinski definition) is 2. The fourth-order valence-corrected chi connectivity index (χ4v) is 2.29. The maximum atomic E-state index is 12.6. The maximum absolute atomic E-state index is 12.6. The smallest absolute Gasteiger partial charge is 0.478 e. The van der Waals surface area contributed by atoms with Gasteiger partial charge in [-0.1, -0.05) is 0 Å². The van der Waals surface area contributed by atoms with Crippen LogP contribution in [0.3, 0.4) is 0 Å². The van der Waals surface area contributed by atoms with Crippen molar-refractivity contribution in [3.8, 4) is 0 Å². The predicted octanol–water partition coefficient (Wildman–Crippen LogP) is 2.03. The molecular weight excluding hydrogens is 372 g/mol. The van der Waals surface area contributed by atoms with E-state index in [4.69, 9.17) is 14.2 Å². The monoisotopic (exact) mass is 400 g/mol. The number of rotatable bonds is 3.